The predicted octanol–water partition coefficient (Wildman–Crippen LogP) is 2.67. The van der Waals surface area contributed by atoms with Gasteiger partial charge in [-0.3, -0.25) is 0 Å². The van der Waals surface area contributed by atoms with E-state index in [1.165, 1.54) is 6.26 Å². The predicted molar refractivity (Wildman–Crippen MR) is 107 cm³/mol. The second-order valence-corrected chi connectivity index (χ2v) is 9.70. The molecule has 2 fully saturated rings. The average molecular weight is 417 g/mol. The van der Waals surface area contributed by atoms with Gasteiger partial charge in [-0.05, 0) is 56.7 Å². The summed E-state index contributed by atoms with van der Waals surface area (Å²) in [5, 5.41) is 4.11. The molecule has 0 unspecified atom stereocenters. The molecule has 2 atom stereocenters. The van der Waals surface area contributed by atoms with Crippen LogP contribution in [0.25, 0.3) is 0 Å². The van der Waals surface area contributed by atoms with Crippen molar-refractivity contribution in [2.75, 3.05) is 26.5 Å². The van der Waals surface area contributed by atoms with Crippen LogP contribution in [0.4, 0.5) is 0 Å². The molecule has 0 aromatic heterocycles. The summed E-state index contributed by atoms with van der Waals surface area (Å²) >= 11 is 6.42. The lowest BCUT2D eigenvalue weighted by molar-refractivity contribution is 0.0125. The van der Waals surface area contributed by atoms with Gasteiger partial charge in [0.05, 0.1) is 26.1 Å². The Morgan fingerprint density at radius 2 is 1.96 bits per heavy atom. The van der Waals surface area contributed by atoms with Crippen LogP contribution in [-0.2, 0) is 14.8 Å². The fourth-order valence-electron chi connectivity index (χ4n) is 4.21. The van der Waals surface area contributed by atoms with Crippen molar-refractivity contribution in [1.82, 2.24) is 10.0 Å². The number of halogens is 1. The van der Waals surface area contributed by atoms with Crippen LogP contribution in [0.3, 0.4) is 0 Å². The van der Waals surface area contributed by atoms with E-state index in [4.69, 9.17) is 21.1 Å². The normalized spacial score (nSPS) is 29.0. The first-order chi connectivity index (χ1) is 12.9. The number of hydrogen-bond donors (Lipinski definition) is 2. The largest absolute Gasteiger partial charge is 0.496 e. The van der Waals surface area contributed by atoms with Gasteiger partial charge in [0, 0.05) is 22.7 Å². The molecule has 6 nitrogen and oxygen atoms in total. The molecule has 3 rings (SSSR count). The molecule has 1 aromatic rings. The van der Waals surface area contributed by atoms with E-state index in [-0.39, 0.29) is 18.2 Å². The van der Waals surface area contributed by atoms with Crippen molar-refractivity contribution in [2.24, 2.45) is 0 Å². The van der Waals surface area contributed by atoms with E-state index < -0.39 is 10.0 Å². The second-order valence-electron chi connectivity index (χ2n) is 7.51. The molecule has 1 aliphatic carbocycles. The summed E-state index contributed by atoms with van der Waals surface area (Å²) < 4.78 is 37.3. The van der Waals surface area contributed by atoms with E-state index in [2.05, 4.69) is 10.0 Å². The molecule has 1 heterocycles. The maximum absolute atomic E-state index is 11.5. The Bertz CT molecular complexity index is 735. The maximum atomic E-state index is 11.5. The molecule has 2 N–H and O–H groups in total. The van der Waals surface area contributed by atoms with Gasteiger partial charge in [0.1, 0.15) is 5.75 Å². The fourth-order valence-corrected chi connectivity index (χ4v) is 5.36. The highest BCUT2D eigenvalue weighted by molar-refractivity contribution is 7.88. The van der Waals surface area contributed by atoms with Gasteiger partial charge in [0.2, 0.25) is 10.0 Å². The number of rotatable bonds is 7. The zero-order valence-corrected chi connectivity index (χ0v) is 17.5. The minimum Gasteiger partial charge on any atom is -0.496 e. The lowest BCUT2D eigenvalue weighted by Crippen LogP contribution is -2.46. The molecule has 152 valence electrons. The van der Waals surface area contributed by atoms with E-state index >= 15 is 0 Å². The van der Waals surface area contributed by atoms with Crippen molar-refractivity contribution in [3.05, 3.63) is 28.8 Å². The van der Waals surface area contributed by atoms with Crippen LogP contribution in [-0.4, -0.2) is 53.1 Å². The van der Waals surface area contributed by atoms with Crippen LogP contribution < -0.4 is 14.8 Å². The topological polar surface area (TPSA) is 76.7 Å². The molecule has 0 spiro atoms. The van der Waals surface area contributed by atoms with Crippen molar-refractivity contribution < 1.29 is 17.9 Å². The quantitative estimate of drug-likeness (QED) is 0.714. The fraction of sp³-hybridized carbons (Fsp3) is 0.684. The Morgan fingerprint density at radius 3 is 2.63 bits per heavy atom. The van der Waals surface area contributed by atoms with Crippen LogP contribution in [0.1, 0.15) is 43.6 Å². The molecule has 1 saturated carbocycles. The Morgan fingerprint density at radius 1 is 1.22 bits per heavy atom. The smallest absolute Gasteiger partial charge is 0.209 e. The summed E-state index contributed by atoms with van der Waals surface area (Å²) in [5.41, 5.74) is 1.11. The molecule has 1 saturated heterocycles. The van der Waals surface area contributed by atoms with Crippen LogP contribution >= 0.6 is 11.6 Å². The van der Waals surface area contributed by atoms with Gasteiger partial charge in [-0.1, -0.05) is 17.7 Å². The van der Waals surface area contributed by atoms with Gasteiger partial charge in [0.15, 0.2) is 0 Å². The van der Waals surface area contributed by atoms with Crippen molar-refractivity contribution >= 4 is 21.6 Å². The van der Waals surface area contributed by atoms with E-state index in [1.807, 2.05) is 18.2 Å². The highest BCUT2D eigenvalue weighted by Gasteiger charge is 2.31. The SMILES string of the molecule is COc1cccc(Cl)c1C1CCC(OC[C@@H]2NCC[C@@H]2NS(C)(=O)=O)CC1. The monoisotopic (exact) mass is 416 g/mol. The zero-order valence-electron chi connectivity index (χ0n) is 15.9. The van der Waals surface area contributed by atoms with E-state index in [0.29, 0.717) is 12.5 Å². The number of benzene rings is 1. The molecular formula is C19H29ClN2O4S. The number of ether oxygens (including phenoxy) is 2. The first-order valence-corrected chi connectivity index (χ1v) is 11.8. The summed E-state index contributed by atoms with van der Waals surface area (Å²) in [7, 11) is -1.52. The number of hydrogen-bond acceptors (Lipinski definition) is 5. The van der Waals surface area contributed by atoms with Crippen molar-refractivity contribution in [1.29, 1.82) is 0 Å². The third-order valence-corrected chi connectivity index (χ3v) is 6.60. The Balaban J connectivity index is 1.50. The minimum atomic E-state index is -3.20. The first kappa shape index (κ1) is 20.9. The molecule has 0 bridgehead atoms. The van der Waals surface area contributed by atoms with Gasteiger partial charge < -0.3 is 14.8 Å². The second kappa shape index (κ2) is 9.09. The molecule has 1 aromatic carbocycles. The summed E-state index contributed by atoms with van der Waals surface area (Å²) in [6, 6.07) is 5.73. The summed E-state index contributed by atoms with van der Waals surface area (Å²) in [6.07, 6.45) is 6.15. The third-order valence-electron chi connectivity index (χ3n) is 5.54. The molecule has 0 radical (unpaired) electrons. The Labute approximate surface area is 167 Å². The number of sulfonamides is 1. The van der Waals surface area contributed by atoms with Crippen molar-refractivity contribution in [3.8, 4) is 5.75 Å². The zero-order chi connectivity index (χ0) is 19.4. The van der Waals surface area contributed by atoms with Gasteiger partial charge in [-0.15, -0.1) is 0 Å². The van der Waals surface area contributed by atoms with Gasteiger partial charge in [-0.2, -0.15) is 0 Å². The van der Waals surface area contributed by atoms with E-state index in [9.17, 15) is 8.42 Å². The molecule has 1 aliphatic heterocycles. The minimum absolute atomic E-state index is 0.0288. The van der Waals surface area contributed by atoms with Gasteiger partial charge in [-0.25, -0.2) is 13.1 Å². The molecule has 27 heavy (non-hydrogen) atoms. The van der Waals surface area contributed by atoms with Crippen LogP contribution in [0.15, 0.2) is 18.2 Å². The lowest BCUT2D eigenvalue weighted by atomic mass is 9.82. The van der Waals surface area contributed by atoms with Crippen LogP contribution in [0.2, 0.25) is 5.02 Å². The van der Waals surface area contributed by atoms with Gasteiger partial charge in [0.25, 0.3) is 0 Å². The van der Waals surface area contributed by atoms with E-state index in [0.717, 1.165) is 55.0 Å². The van der Waals surface area contributed by atoms with Crippen LogP contribution in [0.5, 0.6) is 5.75 Å². The highest BCUT2D eigenvalue weighted by atomic mass is 35.5. The first-order valence-electron chi connectivity index (χ1n) is 9.52. The molecule has 0 amide bonds. The van der Waals surface area contributed by atoms with Crippen molar-refractivity contribution in [2.45, 2.75) is 56.2 Å². The molecule has 8 heteroatoms. The van der Waals surface area contributed by atoms with Crippen LogP contribution in [0, 0.1) is 0 Å². The Kier molecular flexibility index (Phi) is 7.03. The molecule has 2 aliphatic rings. The van der Waals surface area contributed by atoms with Gasteiger partial charge >= 0.3 is 0 Å². The molecular weight excluding hydrogens is 388 g/mol. The van der Waals surface area contributed by atoms with E-state index in [1.54, 1.807) is 7.11 Å². The number of nitrogens with one attached hydrogen (secondary N) is 2. The standard InChI is InChI=1S/C19H29ClN2O4S/c1-25-18-5-3-4-15(20)19(18)13-6-8-14(9-7-13)26-12-17-16(10-11-21-17)22-27(2,23)24/h3-5,13-14,16-17,21-22H,6-12H2,1-2H3/t13?,14?,16-,17-/m0/s1. The average Bonchev–Trinajstić information content (AvgIpc) is 3.05. The summed E-state index contributed by atoms with van der Waals surface area (Å²) in [4.78, 5) is 0. The maximum Gasteiger partial charge on any atom is 0.209 e. The third kappa shape index (κ3) is 5.57. The van der Waals surface area contributed by atoms with Crippen molar-refractivity contribution in [3.63, 3.8) is 0 Å². The Hall–Kier alpha value is -0.860. The number of methoxy groups -OCH3 is 1. The summed E-state index contributed by atoms with van der Waals surface area (Å²) in [6.45, 7) is 1.33. The summed E-state index contributed by atoms with van der Waals surface area (Å²) in [5.74, 6) is 1.24. The highest BCUT2D eigenvalue weighted by Crippen LogP contribution is 2.41. The lowest BCUT2D eigenvalue weighted by Gasteiger charge is -2.31.